The molecule has 0 fully saturated rings. The molecule has 0 aliphatic carbocycles. The second-order valence-corrected chi connectivity index (χ2v) is 8.53. The van der Waals surface area contributed by atoms with Gasteiger partial charge in [-0.15, -0.1) is 0 Å². The van der Waals surface area contributed by atoms with E-state index in [-0.39, 0.29) is 17.1 Å². The molecule has 0 aromatic heterocycles. The molecule has 6 nitrogen and oxygen atoms in total. The van der Waals surface area contributed by atoms with E-state index in [0.29, 0.717) is 16.9 Å². The van der Waals surface area contributed by atoms with Crippen LogP contribution in [0, 0.1) is 6.92 Å². The molecule has 0 amide bonds. The lowest BCUT2D eigenvalue weighted by Crippen LogP contribution is -2.55. The van der Waals surface area contributed by atoms with Gasteiger partial charge in [0.1, 0.15) is 6.29 Å². The summed E-state index contributed by atoms with van der Waals surface area (Å²) in [4.78, 5) is 24.4. The topological polar surface area (TPSA) is 89.5 Å². The van der Waals surface area contributed by atoms with E-state index >= 15 is 0 Å². The molecule has 0 radical (unpaired) electrons. The normalized spacial score (nSPS) is 13.6. The van der Waals surface area contributed by atoms with E-state index in [4.69, 9.17) is 16.3 Å². The van der Waals surface area contributed by atoms with Gasteiger partial charge in [0.15, 0.2) is 5.54 Å². The van der Waals surface area contributed by atoms with Crippen LogP contribution in [0.1, 0.15) is 18.1 Å². The molecule has 1 N–H and O–H groups in total. The number of carbonyl (C=O) groups excluding carboxylic acids is 2. The molecule has 0 unspecified atom stereocenters. The Hall–Kier alpha value is -2.74. The van der Waals surface area contributed by atoms with E-state index in [2.05, 4.69) is 11.3 Å². The average Bonchev–Trinajstić information content (AvgIpc) is 2.72. The highest BCUT2D eigenvalue weighted by atomic mass is 35.5. The van der Waals surface area contributed by atoms with Crippen molar-refractivity contribution in [1.29, 1.82) is 0 Å². The van der Waals surface area contributed by atoms with Gasteiger partial charge < -0.3 is 4.74 Å². The average molecular weight is 448 g/mol. The van der Waals surface area contributed by atoms with Crippen LogP contribution in [0.25, 0.3) is 6.08 Å². The van der Waals surface area contributed by atoms with Crippen molar-refractivity contribution in [2.75, 3.05) is 6.61 Å². The number of hydrogen-bond donors (Lipinski definition) is 1. The van der Waals surface area contributed by atoms with E-state index in [0.717, 1.165) is 5.56 Å². The Kier molecular flexibility index (Phi) is 7.72. The fourth-order valence-corrected chi connectivity index (χ4v) is 4.12. The molecular weight excluding hydrogens is 426 g/mol. The molecule has 0 saturated carbocycles. The third kappa shape index (κ3) is 5.24. The fraction of sp³-hybridized carbons (Fsp3) is 0.182. The first kappa shape index (κ1) is 23.5. The predicted octanol–water partition coefficient (Wildman–Crippen LogP) is 3.70. The van der Waals surface area contributed by atoms with Gasteiger partial charge in [0, 0.05) is 10.6 Å². The zero-order valence-electron chi connectivity index (χ0n) is 16.6. The van der Waals surface area contributed by atoms with Crippen molar-refractivity contribution in [2.45, 2.75) is 24.3 Å². The van der Waals surface area contributed by atoms with Crippen LogP contribution in [0.4, 0.5) is 0 Å². The lowest BCUT2D eigenvalue weighted by atomic mass is 9.91. The summed E-state index contributed by atoms with van der Waals surface area (Å²) in [6.07, 6.45) is 2.96. The standard InChI is InChI=1S/C22H22ClNO5S/c1-4-29-21(26)22(17(3)15-25,14-13-18-7-5-6-8-20(18)23)24-30(27,28)19-11-9-16(2)10-12-19/h5-15,24H,3-4H2,1-2H3/b14-13+/t22-/m0/s1. The van der Waals surface area contributed by atoms with Gasteiger partial charge in [-0.05, 0) is 43.7 Å². The Morgan fingerprint density at radius 1 is 1.20 bits per heavy atom. The van der Waals surface area contributed by atoms with Crippen molar-refractivity contribution in [1.82, 2.24) is 4.72 Å². The molecule has 2 aromatic carbocycles. The number of ether oxygens (including phenoxy) is 1. The van der Waals surface area contributed by atoms with Gasteiger partial charge in [-0.2, -0.15) is 4.72 Å². The summed E-state index contributed by atoms with van der Waals surface area (Å²) in [5, 5.41) is 0.379. The van der Waals surface area contributed by atoms with Crippen LogP contribution < -0.4 is 4.72 Å². The molecule has 2 rings (SSSR count). The molecular formula is C22H22ClNO5S. The summed E-state index contributed by atoms with van der Waals surface area (Å²) in [6, 6.07) is 12.8. The number of aldehydes is 1. The monoisotopic (exact) mass is 447 g/mol. The molecule has 0 spiro atoms. The molecule has 0 heterocycles. The van der Waals surface area contributed by atoms with Crippen molar-refractivity contribution in [3.8, 4) is 0 Å². The van der Waals surface area contributed by atoms with Crippen molar-refractivity contribution < 1.29 is 22.7 Å². The van der Waals surface area contributed by atoms with Gasteiger partial charge in [0.2, 0.25) is 10.0 Å². The molecule has 1 atom stereocenters. The van der Waals surface area contributed by atoms with Crippen LogP contribution in [-0.2, 0) is 24.3 Å². The maximum Gasteiger partial charge on any atom is 0.336 e. The number of sulfonamides is 1. The summed E-state index contributed by atoms with van der Waals surface area (Å²) in [5.41, 5.74) is -1.11. The fourth-order valence-electron chi connectivity index (χ4n) is 2.60. The van der Waals surface area contributed by atoms with Gasteiger partial charge in [-0.3, -0.25) is 4.79 Å². The number of halogens is 1. The smallest absolute Gasteiger partial charge is 0.336 e. The van der Waals surface area contributed by atoms with Gasteiger partial charge in [-0.1, -0.05) is 60.2 Å². The van der Waals surface area contributed by atoms with E-state index < -0.39 is 21.5 Å². The maximum atomic E-state index is 13.0. The number of benzene rings is 2. The number of esters is 1. The van der Waals surface area contributed by atoms with Gasteiger partial charge >= 0.3 is 5.97 Å². The summed E-state index contributed by atoms with van der Waals surface area (Å²) in [5.74, 6) is -0.985. The summed E-state index contributed by atoms with van der Waals surface area (Å²) in [7, 11) is -4.22. The summed E-state index contributed by atoms with van der Waals surface area (Å²) >= 11 is 6.15. The first-order valence-corrected chi connectivity index (χ1v) is 10.9. The maximum absolute atomic E-state index is 13.0. The number of nitrogens with one attached hydrogen (secondary N) is 1. The molecule has 0 aliphatic heterocycles. The third-order valence-electron chi connectivity index (χ3n) is 4.29. The minimum absolute atomic E-state index is 0.0289. The highest BCUT2D eigenvalue weighted by Crippen LogP contribution is 2.26. The second kappa shape index (κ2) is 9.84. The van der Waals surface area contributed by atoms with Crippen LogP contribution in [0.2, 0.25) is 5.02 Å². The number of rotatable bonds is 9. The van der Waals surface area contributed by atoms with E-state index in [1.54, 1.807) is 43.3 Å². The minimum Gasteiger partial charge on any atom is -0.464 e. The number of aryl methyl sites for hydroxylation is 1. The van der Waals surface area contributed by atoms with Crippen LogP contribution in [0.15, 0.2) is 71.7 Å². The molecule has 30 heavy (non-hydrogen) atoms. The van der Waals surface area contributed by atoms with Crippen LogP contribution in [0.5, 0.6) is 0 Å². The third-order valence-corrected chi connectivity index (χ3v) is 6.12. The van der Waals surface area contributed by atoms with Crippen molar-refractivity contribution in [2.24, 2.45) is 0 Å². The molecule has 8 heteroatoms. The van der Waals surface area contributed by atoms with E-state index in [1.165, 1.54) is 24.3 Å². The first-order valence-electron chi connectivity index (χ1n) is 9.02. The quantitative estimate of drug-likeness (QED) is 0.359. The van der Waals surface area contributed by atoms with E-state index in [1.807, 2.05) is 6.92 Å². The Bertz CT molecular complexity index is 1080. The predicted molar refractivity (Wildman–Crippen MR) is 117 cm³/mol. The SMILES string of the molecule is C=C(C=O)[C@](/C=C/c1ccccc1Cl)(NS(=O)(=O)c1ccc(C)cc1)C(=O)OCC. The van der Waals surface area contributed by atoms with Gasteiger partial charge in [-0.25, -0.2) is 13.2 Å². The number of hydrogen-bond acceptors (Lipinski definition) is 5. The zero-order valence-corrected chi connectivity index (χ0v) is 18.2. The van der Waals surface area contributed by atoms with E-state index in [9.17, 15) is 18.0 Å². The zero-order chi connectivity index (χ0) is 22.4. The Morgan fingerprint density at radius 2 is 1.83 bits per heavy atom. The Labute approximate surface area is 181 Å². The molecule has 0 aliphatic rings. The van der Waals surface area contributed by atoms with Gasteiger partial charge in [0.05, 0.1) is 11.5 Å². The highest BCUT2D eigenvalue weighted by Gasteiger charge is 2.44. The molecule has 2 aromatic rings. The Balaban J connectivity index is 2.62. The Morgan fingerprint density at radius 3 is 2.40 bits per heavy atom. The van der Waals surface area contributed by atoms with Gasteiger partial charge in [0.25, 0.3) is 0 Å². The molecule has 0 saturated heterocycles. The lowest BCUT2D eigenvalue weighted by molar-refractivity contribution is -0.147. The van der Waals surface area contributed by atoms with Crippen molar-refractivity contribution in [3.05, 3.63) is 82.9 Å². The summed E-state index contributed by atoms with van der Waals surface area (Å²) in [6.45, 7) is 6.95. The molecule has 0 bridgehead atoms. The van der Waals surface area contributed by atoms with Crippen LogP contribution in [0.3, 0.4) is 0 Å². The van der Waals surface area contributed by atoms with Crippen molar-refractivity contribution >= 4 is 40.0 Å². The van der Waals surface area contributed by atoms with Crippen LogP contribution in [-0.4, -0.2) is 32.8 Å². The van der Waals surface area contributed by atoms with Crippen LogP contribution >= 0.6 is 11.6 Å². The number of carbonyl (C=O) groups is 2. The largest absolute Gasteiger partial charge is 0.464 e. The highest BCUT2D eigenvalue weighted by molar-refractivity contribution is 7.89. The van der Waals surface area contributed by atoms with Crippen molar-refractivity contribution in [3.63, 3.8) is 0 Å². The first-order chi connectivity index (χ1) is 14.2. The second-order valence-electron chi connectivity index (χ2n) is 6.44. The lowest BCUT2D eigenvalue weighted by Gasteiger charge is -2.29. The minimum atomic E-state index is -4.22. The summed E-state index contributed by atoms with van der Waals surface area (Å²) < 4.78 is 33.4. The molecule has 158 valence electrons.